The highest BCUT2D eigenvalue weighted by Gasteiger charge is 2.31. The summed E-state index contributed by atoms with van der Waals surface area (Å²) in [5.41, 5.74) is 5.28. The summed E-state index contributed by atoms with van der Waals surface area (Å²) in [6.45, 7) is 2.93. The van der Waals surface area contributed by atoms with Crippen LogP contribution in [0.5, 0.6) is 0 Å². The maximum absolute atomic E-state index is 12.2. The zero-order valence-corrected chi connectivity index (χ0v) is 10.1. The zero-order chi connectivity index (χ0) is 12.2. The number of hydrogen-bond acceptors (Lipinski definition) is 3. The average Bonchev–Trinajstić information content (AvgIpc) is 2.12. The van der Waals surface area contributed by atoms with Crippen molar-refractivity contribution in [2.24, 2.45) is 11.7 Å². The maximum atomic E-state index is 12.2. The smallest absolute Gasteiger partial charge is 0.350 e. The first-order valence-corrected chi connectivity index (χ1v) is 6.21. The van der Waals surface area contributed by atoms with Gasteiger partial charge in [0.2, 0.25) is 0 Å². The summed E-state index contributed by atoms with van der Waals surface area (Å²) in [5.74, 6) is -3.83. The Morgan fingerprint density at radius 3 is 2.27 bits per heavy atom. The lowest BCUT2D eigenvalue weighted by Crippen LogP contribution is -2.40. The minimum Gasteiger partial charge on any atom is -0.393 e. The molecule has 0 saturated carbocycles. The molecule has 0 aromatic heterocycles. The molecule has 0 amide bonds. The van der Waals surface area contributed by atoms with Gasteiger partial charge in [-0.3, -0.25) is 0 Å². The van der Waals surface area contributed by atoms with Crippen molar-refractivity contribution in [1.29, 1.82) is 0 Å². The summed E-state index contributed by atoms with van der Waals surface area (Å²) in [6.07, 6.45) is 0. The van der Waals surface area contributed by atoms with Crippen LogP contribution >= 0.6 is 12.2 Å². The molecule has 0 aromatic rings. The molecular formula is C7H14F2N2O2S2. The van der Waals surface area contributed by atoms with Gasteiger partial charge in [0.25, 0.3) is 10.0 Å². The zero-order valence-electron chi connectivity index (χ0n) is 8.48. The molecule has 1 atom stereocenters. The number of rotatable bonds is 6. The van der Waals surface area contributed by atoms with Crippen molar-refractivity contribution in [3.05, 3.63) is 0 Å². The average molecular weight is 260 g/mol. The molecule has 0 fully saturated rings. The van der Waals surface area contributed by atoms with Gasteiger partial charge in [0.05, 0.1) is 4.99 Å². The largest absolute Gasteiger partial charge is 0.393 e. The number of halogens is 2. The second-order valence-electron chi connectivity index (χ2n) is 3.06. The van der Waals surface area contributed by atoms with Crippen LogP contribution in [0, 0.1) is 5.92 Å². The van der Waals surface area contributed by atoms with E-state index in [0.717, 1.165) is 0 Å². The summed E-state index contributed by atoms with van der Waals surface area (Å²) < 4.78 is 47.3. The van der Waals surface area contributed by atoms with Gasteiger partial charge < -0.3 is 5.73 Å². The predicted molar refractivity (Wildman–Crippen MR) is 58.1 cm³/mol. The van der Waals surface area contributed by atoms with Crippen molar-refractivity contribution in [2.45, 2.75) is 19.6 Å². The Morgan fingerprint density at radius 2 is 2.00 bits per heavy atom. The first kappa shape index (κ1) is 14.7. The topological polar surface area (TPSA) is 63.4 Å². The molecule has 4 nitrogen and oxygen atoms in total. The highest BCUT2D eigenvalue weighted by molar-refractivity contribution is 7.89. The molecule has 0 aliphatic heterocycles. The summed E-state index contributed by atoms with van der Waals surface area (Å²) in [4.78, 5) is 0.109. The molecule has 0 aliphatic rings. The molecule has 0 spiro atoms. The van der Waals surface area contributed by atoms with Crippen molar-refractivity contribution in [1.82, 2.24) is 4.31 Å². The lowest BCUT2D eigenvalue weighted by Gasteiger charge is -2.22. The Morgan fingerprint density at radius 1 is 1.53 bits per heavy atom. The number of sulfonamides is 1. The fourth-order valence-corrected chi connectivity index (χ4v) is 2.01. The Hall–Kier alpha value is -0.340. The van der Waals surface area contributed by atoms with Crippen molar-refractivity contribution in [2.75, 3.05) is 13.1 Å². The highest BCUT2D eigenvalue weighted by Crippen LogP contribution is 2.13. The van der Waals surface area contributed by atoms with E-state index in [0.29, 0.717) is 4.31 Å². The van der Waals surface area contributed by atoms with Crippen LogP contribution in [0.25, 0.3) is 0 Å². The molecular weight excluding hydrogens is 246 g/mol. The van der Waals surface area contributed by atoms with Crippen LogP contribution in [-0.4, -0.2) is 36.6 Å². The van der Waals surface area contributed by atoms with E-state index in [9.17, 15) is 17.2 Å². The molecule has 8 heteroatoms. The normalized spacial score (nSPS) is 14.5. The SMILES string of the molecule is CCN(CC(C)C(N)=S)S(=O)(=O)C(F)F. The lowest BCUT2D eigenvalue weighted by molar-refractivity contribution is 0.218. The third-order valence-corrected chi connectivity index (χ3v) is 3.88. The van der Waals surface area contributed by atoms with Gasteiger partial charge in [-0.05, 0) is 0 Å². The minimum atomic E-state index is -4.53. The summed E-state index contributed by atoms with van der Waals surface area (Å²) >= 11 is 4.64. The van der Waals surface area contributed by atoms with Gasteiger partial charge >= 0.3 is 5.76 Å². The molecule has 2 N–H and O–H groups in total. The van der Waals surface area contributed by atoms with Crippen LogP contribution in [0.2, 0.25) is 0 Å². The van der Waals surface area contributed by atoms with Crippen LogP contribution in [0.4, 0.5) is 8.78 Å². The Bertz CT molecular complexity index is 319. The lowest BCUT2D eigenvalue weighted by atomic mass is 10.2. The van der Waals surface area contributed by atoms with Gasteiger partial charge in [0.15, 0.2) is 0 Å². The summed E-state index contributed by atoms with van der Waals surface area (Å²) in [7, 11) is -4.53. The number of hydrogen-bond donors (Lipinski definition) is 1. The van der Waals surface area contributed by atoms with E-state index in [1.165, 1.54) is 6.92 Å². The number of nitrogens with two attached hydrogens (primary N) is 1. The first-order chi connectivity index (χ1) is 6.73. The molecule has 0 heterocycles. The van der Waals surface area contributed by atoms with Crippen molar-refractivity contribution < 1.29 is 17.2 Å². The fraction of sp³-hybridized carbons (Fsp3) is 0.857. The summed E-state index contributed by atoms with van der Waals surface area (Å²) in [5, 5.41) is 0. The number of thiocarbonyl (C=S) groups is 1. The van der Waals surface area contributed by atoms with Crippen LogP contribution in [0.1, 0.15) is 13.8 Å². The van der Waals surface area contributed by atoms with E-state index in [-0.39, 0.29) is 18.1 Å². The van der Waals surface area contributed by atoms with E-state index >= 15 is 0 Å². The monoisotopic (exact) mass is 260 g/mol. The molecule has 0 rings (SSSR count). The molecule has 90 valence electrons. The van der Waals surface area contributed by atoms with Crippen LogP contribution in [0.15, 0.2) is 0 Å². The van der Waals surface area contributed by atoms with Gasteiger partial charge in [-0.15, -0.1) is 0 Å². The number of nitrogens with zero attached hydrogens (tertiary/aromatic N) is 1. The second-order valence-corrected chi connectivity index (χ2v) is 5.43. The van der Waals surface area contributed by atoms with Crippen molar-refractivity contribution >= 4 is 27.2 Å². The second kappa shape index (κ2) is 5.66. The molecule has 0 aliphatic carbocycles. The first-order valence-electron chi connectivity index (χ1n) is 4.29. The van der Waals surface area contributed by atoms with E-state index < -0.39 is 21.7 Å². The third-order valence-electron chi connectivity index (χ3n) is 1.90. The Kier molecular flexibility index (Phi) is 5.54. The van der Waals surface area contributed by atoms with E-state index in [4.69, 9.17) is 5.73 Å². The maximum Gasteiger partial charge on any atom is 0.350 e. The highest BCUT2D eigenvalue weighted by atomic mass is 32.2. The van der Waals surface area contributed by atoms with E-state index in [1.807, 2.05) is 0 Å². The van der Waals surface area contributed by atoms with Gasteiger partial charge in [0.1, 0.15) is 0 Å². The van der Waals surface area contributed by atoms with Gasteiger partial charge in [-0.2, -0.15) is 13.1 Å². The van der Waals surface area contributed by atoms with Crippen LogP contribution < -0.4 is 5.73 Å². The molecule has 0 saturated heterocycles. The van der Waals surface area contributed by atoms with Crippen molar-refractivity contribution in [3.63, 3.8) is 0 Å². The third kappa shape index (κ3) is 3.96. The fourth-order valence-electron chi connectivity index (χ4n) is 0.921. The van der Waals surface area contributed by atoms with Crippen molar-refractivity contribution in [3.8, 4) is 0 Å². The predicted octanol–water partition coefficient (Wildman–Crippen LogP) is 0.783. The van der Waals surface area contributed by atoms with E-state index in [2.05, 4.69) is 12.2 Å². The molecule has 0 aromatic carbocycles. The summed E-state index contributed by atoms with van der Waals surface area (Å²) in [6, 6.07) is 0. The van der Waals surface area contributed by atoms with Gasteiger partial charge in [-0.25, -0.2) is 8.42 Å². The van der Waals surface area contributed by atoms with Crippen LogP contribution in [0.3, 0.4) is 0 Å². The van der Waals surface area contributed by atoms with E-state index in [1.54, 1.807) is 6.92 Å². The minimum absolute atomic E-state index is 0.0281. The molecule has 0 radical (unpaired) electrons. The van der Waals surface area contributed by atoms with Gasteiger partial charge in [0, 0.05) is 19.0 Å². The molecule has 15 heavy (non-hydrogen) atoms. The Labute approximate surface area is 93.5 Å². The molecule has 0 bridgehead atoms. The molecule has 1 unspecified atom stereocenters. The Balaban J connectivity index is 4.72. The standard InChI is InChI=1S/C7H14F2N2O2S2/c1-3-11(4-5(2)6(10)14)15(12,13)7(8)9/h5,7H,3-4H2,1-2H3,(H2,10,14). The van der Waals surface area contributed by atoms with Crippen LogP contribution in [-0.2, 0) is 10.0 Å². The quantitative estimate of drug-likeness (QED) is 0.717. The number of alkyl halides is 2. The van der Waals surface area contributed by atoms with Gasteiger partial charge in [-0.1, -0.05) is 26.1 Å².